The van der Waals surface area contributed by atoms with Crippen LogP contribution in [0.5, 0.6) is 5.75 Å². The van der Waals surface area contributed by atoms with Gasteiger partial charge >= 0.3 is 6.09 Å². The van der Waals surface area contributed by atoms with Crippen LogP contribution in [0.3, 0.4) is 0 Å². The molecule has 2 aromatic heterocycles. The number of benzene rings is 1. The highest BCUT2D eigenvalue weighted by Crippen LogP contribution is 2.37. The van der Waals surface area contributed by atoms with Crippen molar-refractivity contribution in [1.29, 1.82) is 0 Å². The van der Waals surface area contributed by atoms with Gasteiger partial charge in [0.25, 0.3) is 0 Å². The third-order valence-electron chi connectivity index (χ3n) is 8.90. The van der Waals surface area contributed by atoms with Crippen LogP contribution in [0.1, 0.15) is 51.9 Å². The number of carbonyl (C=O) groups excluding carboxylic acids is 1. The fourth-order valence-electron chi connectivity index (χ4n) is 6.03. The van der Waals surface area contributed by atoms with Crippen molar-refractivity contribution in [3.8, 4) is 17.0 Å². The summed E-state index contributed by atoms with van der Waals surface area (Å²) in [6.07, 6.45) is 8.97. The summed E-state index contributed by atoms with van der Waals surface area (Å²) in [5, 5.41) is 8.48. The molecule has 2 aliphatic carbocycles. The molecule has 40 heavy (non-hydrogen) atoms. The zero-order valence-corrected chi connectivity index (χ0v) is 23.7. The predicted octanol–water partition coefficient (Wildman–Crippen LogP) is 4.13. The highest BCUT2D eigenvalue weighted by atomic mass is 16.6. The van der Waals surface area contributed by atoms with Gasteiger partial charge in [0.1, 0.15) is 29.2 Å². The van der Waals surface area contributed by atoms with E-state index in [0.717, 1.165) is 50.5 Å². The topological polar surface area (TPSA) is 124 Å². The summed E-state index contributed by atoms with van der Waals surface area (Å²) in [6, 6.07) is 7.04. The van der Waals surface area contributed by atoms with Crippen molar-refractivity contribution in [3.05, 3.63) is 24.5 Å². The van der Waals surface area contributed by atoms with Crippen molar-refractivity contribution in [1.82, 2.24) is 29.5 Å². The van der Waals surface area contributed by atoms with Crippen molar-refractivity contribution in [2.24, 2.45) is 0 Å². The maximum Gasteiger partial charge on any atom is 0.412 e. The molecule has 0 atom stereocenters. The van der Waals surface area contributed by atoms with Gasteiger partial charge in [0.15, 0.2) is 5.65 Å². The largest absolute Gasteiger partial charge is 0.495 e. The molecule has 0 bridgehead atoms. The summed E-state index contributed by atoms with van der Waals surface area (Å²) in [5.41, 5.74) is 8.69. The second-order valence-corrected chi connectivity index (χ2v) is 11.7. The number of fused-ring (bicyclic) bond motifs is 1. The number of methoxy groups -OCH3 is 1. The minimum atomic E-state index is -0.483. The van der Waals surface area contributed by atoms with E-state index in [4.69, 9.17) is 20.3 Å². The second kappa shape index (κ2) is 10.9. The average molecular weight is 549 g/mol. The number of nitrogens with one attached hydrogen (secondary N) is 1. The SMILES string of the molecule is COc1cc(-c2nn(CCN3CCC(N(C)C4CC4)CC3)c3ncnc(N)c23)ccc1NC(=O)OC1(C)CCC1. The van der Waals surface area contributed by atoms with E-state index in [-0.39, 0.29) is 5.60 Å². The minimum Gasteiger partial charge on any atom is -0.495 e. The molecule has 0 radical (unpaired) electrons. The molecule has 214 valence electrons. The zero-order chi connectivity index (χ0) is 27.9. The lowest BCUT2D eigenvalue weighted by atomic mass is 9.82. The van der Waals surface area contributed by atoms with E-state index in [1.807, 2.05) is 23.7 Å². The van der Waals surface area contributed by atoms with Crippen LogP contribution in [-0.2, 0) is 11.3 Å². The molecule has 0 unspecified atom stereocenters. The Bertz CT molecular complexity index is 1380. The lowest BCUT2D eigenvalue weighted by Gasteiger charge is -2.37. The number of nitrogens with two attached hydrogens (primary N) is 1. The zero-order valence-electron chi connectivity index (χ0n) is 23.7. The van der Waals surface area contributed by atoms with Crippen molar-refractivity contribution < 1.29 is 14.3 Å². The third kappa shape index (κ3) is 5.44. The number of piperidine rings is 1. The van der Waals surface area contributed by atoms with Gasteiger partial charge in [-0.25, -0.2) is 19.4 Å². The van der Waals surface area contributed by atoms with Crippen LogP contribution in [0.4, 0.5) is 16.3 Å². The Morgan fingerprint density at radius 3 is 2.58 bits per heavy atom. The lowest BCUT2D eigenvalue weighted by molar-refractivity contribution is -0.0256. The number of hydrogen-bond donors (Lipinski definition) is 2. The number of nitrogens with zero attached hydrogens (tertiary/aromatic N) is 6. The molecule has 1 aliphatic heterocycles. The fraction of sp³-hybridized carbons (Fsp3) is 0.586. The number of amides is 1. The van der Waals surface area contributed by atoms with E-state index < -0.39 is 6.09 Å². The molecule has 0 spiro atoms. The van der Waals surface area contributed by atoms with Crippen LogP contribution in [0.2, 0.25) is 0 Å². The summed E-state index contributed by atoms with van der Waals surface area (Å²) in [6.45, 7) is 5.75. The maximum absolute atomic E-state index is 12.5. The van der Waals surface area contributed by atoms with Gasteiger partial charge in [-0.05, 0) is 84.1 Å². The normalized spacial score (nSPS) is 19.5. The van der Waals surface area contributed by atoms with Gasteiger partial charge in [-0.1, -0.05) is 6.07 Å². The van der Waals surface area contributed by atoms with E-state index >= 15 is 0 Å². The van der Waals surface area contributed by atoms with Crippen molar-refractivity contribution in [2.75, 3.05) is 44.8 Å². The summed E-state index contributed by atoms with van der Waals surface area (Å²) < 4.78 is 13.2. The second-order valence-electron chi connectivity index (χ2n) is 11.7. The molecule has 6 rings (SSSR count). The number of likely N-dealkylation sites (tertiary alicyclic amines) is 1. The molecule has 11 heteroatoms. The number of hydrogen-bond acceptors (Lipinski definition) is 9. The summed E-state index contributed by atoms with van der Waals surface area (Å²) in [4.78, 5) is 26.4. The van der Waals surface area contributed by atoms with Crippen molar-refractivity contribution in [2.45, 2.75) is 76.1 Å². The number of anilines is 2. The summed E-state index contributed by atoms with van der Waals surface area (Å²) in [5.74, 6) is 0.888. The van der Waals surface area contributed by atoms with Gasteiger partial charge in [0, 0.05) is 24.2 Å². The van der Waals surface area contributed by atoms with Crippen molar-refractivity contribution >= 4 is 28.6 Å². The van der Waals surface area contributed by atoms with Crippen molar-refractivity contribution in [3.63, 3.8) is 0 Å². The highest BCUT2D eigenvalue weighted by Gasteiger charge is 2.36. The Hall–Kier alpha value is -3.44. The molecule has 3 heterocycles. The van der Waals surface area contributed by atoms with Gasteiger partial charge in [-0.15, -0.1) is 0 Å². The average Bonchev–Trinajstić information content (AvgIpc) is 3.72. The number of rotatable bonds is 9. The van der Waals surface area contributed by atoms with Crippen LogP contribution in [-0.4, -0.2) is 87.1 Å². The fourth-order valence-corrected chi connectivity index (χ4v) is 6.03. The first-order valence-corrected chi connectivity index (χ1v) is 14.4. The first-order valence-electron chi connectivity index (χ1n) is 14.4. The monoisotopic (exact) mass is 548 g/mol. The van der Waals surface area contributed by atoms with Crippen LogP contribution in [0.25, 0.3) is 22.3 Å². The molecular weight excluding hydrogens is 508 g/mol. The van der Waals surface area contributed by atoms with Gasteiger partial charge in [-0.3, -0.25) is 5.32 Å². The molecule has 3 fully saturated rings. The molecule has 3 aliphatic rings. The lowest BCUT2D eigenvalue weighted by Crippen LogP contribution is -2.44. The Labute approximate surface area is 235 Å². The first-order chi connectivity index (χ1) is 19.3. The molecule has 1 saturated heterocycles. The maximum atomic E-state index is 12.5. The van der Waals surface area contributed by atoms with E-state index in [2.05, 4.69) is 32.1 Å². The van der Waals surface area contributed by atoms with Crippen LogP contribution in [0.15, 0.2) is 24.5 Å². The number of carbonyl (C=O) groups is 1. The Morgan fingerprint density at radius 1 is 1.15 bits per heavy atom. The molecule has 2 saturated carbocycles. The predicted molar refractivity (Wildman–Crippen MR) is 154 cm³/mol. The molecule has 1 amide bonds. The minimum absolute atomic E-state index is 0.383. The summed E-state index contributed by atoms with van der Waals surface area (Å²) >= 11 is 0. The highest BCUT2D eigenvalue weighted by molar-refractivity contribution is 5.99. The van der Waals surface area contributed by atoms with Gasteiger partial charge < -0.3 is 25.0 Å². The van der Waals surface area contributed by atoms with E-state index in [9.17, 15) is 4.79 Å². The number of ether oxygens (including phenoxy) is 2. The molecule has 1 aromatic carbocycles. The van der Waals surface area contributed by atoms with Crippen LogP contribution in [0, 0.1) is 0 Å². The van der Waals surface area contributed by atoms with Crippen LogP contribution < -0.4 is 15.8 Å². The summed E-state index contributed by atoms with van der Waals surface area (Å²) in [7, 11) is 3.86. The molecule has 3 N–H and O–H groups in total. The Kier molecular flexibility index (Phi) is 7.26. The third-order valence-corrected chi connectivity index (χ3v) is 8.90. The molecule has 3 aromatic rings. The van der Waals surface area contributed by atoms with E-state index in [1.165, 1.54) is 32.0 Å². The van der Waals surface area contributed by atoms with Gasteiger partial charge in [0.2, 0.25) is 0 Å². The Morgan fingerprint density at radius 2 is 1.90 bits per heavy atom. The van der Waals surface area contributed by atoms with Gasteiger partial charge in [0.05, 0.1) is 24.7 Å². The Balaban J connectivity index is 1.18. The van der Waals surface area contributed by atoms with E-state index in [0.29, 0.717) is 46.6 Å². The smallest absolute Gasteiger partial charge is 0.412 e. The first kappa shape index (κ1) is 26.8. The van der Waals surface area contributed by atoms with Crippen LogP contribution >= 0.6 is 0 Å². The van der Waals surface area contributed by atoms with E-state index in [1.54, 1.807) is 13.2 Å². The quantitative estimate of drug-likeness (QED) is 0.406. The molecule has 11 nitrogen and oxygen atoms in total. The van der Waals surface area contributed by atoms with Gasteiger partial charge in [-0.2, -0.15) is 5.10 Å². The number of nitrogen functional groups attached to an aromatic ring is 1. The number of aromatic nitrogens is 4. The molecular formula is C29H40N8O3. The standard InChI is InChI=1S/C29H40N8O3/c1-29(11-4-12-29)40-28(38)33-22-8-5-19(17-23(22)39-3)25-24-26(30)31-18-32-27(24)37(34-25)16-15-36-13-9-21(10-14-36)35(2)20-6-7-20/h5,8,17-18,20-21H,4,6-7,9-16H2,1-3H3,(H,33,38)(H2,30,31,32).